The average molecular weight is 297 g/mol. The van der Waals surface area contributed by atoms with E-state index in [0.717, 1.165) is 23.3 Å². The van der Waals surface area contributed by atoms with Crippen LogP contribution in [0.5, 0.6) is 0 Å². The number of hydrogen-bond acceptors (Lipinski definition) is 2. The summed E-state index contributed by atoms with van der Waals surface area (Å²) >= 11 is 0. The van der Waals surface area contributed by atoms with Gasteiger partial charge >= 0.3 is 0 Å². The summed E-state index contributed by atoms with van der Waals surface area (Å²) in [4.78, 5) is 0.00395. The number of benzene rings is 2. The summed E-state index contributed by atoms with van der Waals surface area (Å²) < 4.78 is 52.9. The molecule has 1 N–H and O–H groups in total. The third kappa shape index (κ3) is 2.80. The minimum absolute atomic E-state index is 0.00395. The van der Waals surface area contributed by atoms with Crippen molar-refractivity contribution in [2.75, 3.05) is 4.72 Å². The summed E-state index contributed by atoms with van der Waals surface area (Å²) in [6.45, 7) is 3.63. The lowest BCUT2D eigenvalue weighted by molar-refractivity contribution is 0.511. The zero-order chi connectivity index (χ0) is 14.9. The van der Waals surface area contributed by atoms with Crippen molar-refractivity contribution in [1.82, 2.24) is 0 Å². The van der Waals surface area contributed by atoms with E-state index in [1.54, 1.807) is 13.0 Å². The van der Waals surface area contributed by atoms with Crippen LogP contribution in [0.4, 0.5) is 14.5 Å². The fourth-order valence-corrected chi connectivity index (χ4v) is 2.81. The quantitative estimate of drug-likeness (QED) is 0.944. The fraction of sp³-hybridized carbons (Fsp3) is 0.143. The standard InChI is InChI=1S/C14H13F2NO2S/c1-9-6-7-11(8-10(9)2)20(18,19)17-13-5-3-4-12(15)14(13)16/h3-8,17H,1-2H3. The normalized spacial score (nSPS) is 11.4. The highest BCUT2D eigenvalue weighted by atomic mass is 32.2. The molecular weight excluding hydrogens is 284 g/mol. The molecule has 0 amide bonds. The Morgan fingerprint density at radius 1 is 1.00 bits per heavy atom. The Morgan fingerprint density at radius 2 is 1.70 bits per heavy atom. The largest absolute Gasteiger partial charge is 0.277 e. The number of anilines is 1. The van der Waals surface area contributed by atoms with Crippen LogP contribution in [0.2, 0.25) is 0 Å². The summed E-state index contributed by atoms with van der Waals surface area (Å²) in [5, 5.41) is 0. The van der Waals surface area contributed by atoms with Crippen LogP contribution < -0.4 is 4.72 Å². The molecule has 0 aliphatic carbocycles. The van der Waals surface area contributed by atoms with E-state index >= 15 is 0 Å². The number of halogens is 2. The molecule has 0 aliphatic rings. The number of nitrogens with one attached hydrogen (secondary N) is 1. The van der Waals surface area contributed by atoms with E-state index in [-0.39, 0.29) is 4.90 Å². The van der Waals surface area contributed by atoms with Crippen molar-refractivity contribution >= 4 is 15.7 Å². The molecule has 0 heterocycles. The van der Waals surface area contributed by atoms with Gasteiger partial charge in [-0.2, -0.15) is 0 Å². The molecule has 0 fully saturated rings. The summed E-state index contributed by atoms with van der Waals surface area (Å²) in [5.41, 5.74) is 1.33. The number of sulfonamides is 1. The van der Waals surface area contributed by atoms with Gasteiger partial charge in [0, 0.05) is 0 Å². The smallest absolute Gasteiger partial charge is 0.261 e. The van der Waals surface area contributed by atoms with Crippen molar-refractivity contribution in [3.8, 4) is 0 Å². The van der Waals surface area contributed by atoms with E-state index in [2.05, 4.69) is 0 Å². The van der Waals surface area contributed by atoms with E-state index in [4.69, 9.17) is 0 Å². The molecule has 20 heavy (non-hydrogen) atoms. The van der Waals surface area contributed by atoms with E-state index in [1.807, 2.05) is 11.6 Å². The zero-order valence-corrected chi connectivity index (χ0v) is 11.8. The van der Waals surface area contributed by atoms with Crippen LogP contribution in [0, 0.1) is 25.5 Å². The first kappa shape index (κ1) is 14.5. The lowest BCUT2D eigenvalue weighted by Crippen LogP contribution is -2.14. The zero-order valence-electron chi connectivity index (χ0n) is 10.9. The molecule has 106 valence electrons. The molecule has 2 rings (SSSR count). The van der Waals surface area contributed by atoms with Crippen molar-refractivity contribution in [3.05, 3.63) is 59.2 Å². The van der Waals surface area contributed by atoms with E-state index in [1.165, 1.54) is 18.2 Å². The second-order valence-electron chi connectivity index (χ2n) is 4.45. The Balaban J connectivity index is 2.41. The summed E-state index contributed by atoms with van der Waals surface area (Å²) in [5.74, 6) is -2.33. The first-order valence-electron chi connectivity index (χ1n) is 5.85. The fourth-order valence-electron chi connectivity index (χ4n) is 1.67. The predicted molar refractivity (Wildman–Crippen MR) is 73.1 cm³/mol. The first-order chi connectivity index (χ1) is 9.31. The predicted octanol–water partition coefficient (Wildman–Crippen LogP) is 3.38. The van der Waals surface area contributed by atoms with Crippen molar-refractivity contribution in [2.24, 2.45) is 0 Å². The van der Waals surface area contributed by atoms with Gasteiger partial charge in [0.05, 0.1) is 10.6 Å². The third-order valence-corrected chi connectivity index (χ3v) is 4.35. The Morgan fingerprint density at radius 3 is 2.35 bits per heavy atom. The van der Waals surface area contributed by atoms with Crippen molar-refractivity contribution < 1.29 is 17.2 Å². The highest BCUT2D eigenvalue weighted by Crippen LogP contribution is 2.22. The average Bonchev–Trinajstić information content (AvgIpc) is 2.38. The van der Waals surface area contributed by atoms with Gasteiger partial charge in [0.15, 0.2) is 11.6 Å². The molecule has 0 aromatic heterocycles. The number of rotatable bonds is 3. The molecule has 3 nitrogen and oxygen atoms in total. The van der Waals surface area contributed by atoms with Gasteiger partial charge in [-0.25, -0.2) is 17.2 Å². The van der Waals surface area contributed by atoms with Crippen LogP contribution in [0.3, 0.4) is 0 Å². The van der Waals surface area contributed by atoms with Crippen LogP contribution in [0.25, 0.3) is 0 Å². The van der Waals surface area contributed by atoms with Crippen LogP contribution in [-0.2, 0) is 10.0 Å². The Hall–Kier alpha value is -1.95. The van der Waals surface area contributed by atoms with Crippen LogP contribution in [-0.4, -0.2) is 8.42 Å². The number of aryl methyl sites for hydroxylation is 2. The Bertz CT molecular complexity index is 758. The Kier molecular flexibility index (Phi) is 3.76. The maximum Gasteiger partial charge on any atom is 0.261 e. The SMILES string of the molecule is Cc1ccc(S(=O)(=O)Nc2cccc(F)c2F)cc1C. The summed E-state index contributed by atoms with van der Waals surface area (Å²) in [7, 11) is -3.95. The highest BCUT2D eigenvalue weighted by molar-refractivity contribution is 7.92. The monoisotopic (exact) mass is 297 g/mol. The lowest BCUT2D eigenvalue weighted by Gasteiger charge is -2.10. The van der Waals surface area contributed by atoms with Gasteiger partial charge in [-0.15, -0.1) is 0 Å². The minimum atomic E-state index is -3.95. The van der Waals surface area contributed by atoms with Crippen LogP contribution in [0.1, 0.15) is 11.1 Å². The van der Waals surface area contributed by atoms with E-state index in [9.17, 15) is 17.2 Å². The molecule has 0 atom stereocenters. The molecule has 0 aliphatic heterocycles. The molecule has 0 spiro atoms. The molecule has 0 unspecified atom stereocenters. The molecule has 0 saturated carbocycles. The third-order valence-electron chi connectivity index (χ3n) is 2.98. The number of hydrogen-bond donors (Lipinski definition) is 1. The van der Waals surface area contributed by atoms with Gasteiger partial charge in [-0.3, -0.25) is 4.72 Å². The van der Waals surface area contributed by atoms with Gasteiger partial charge in [-0.1, -0.05) is 12.1 Å². The van der Waals surface area contributed by atoms with Crippen molar-refractivity contribution in [3.63, 3.8) is 0 Å². The van der Waals surface area contributed by atoms with Gasteiger partial charge in [0.1, 0.15) is 0 Å². The van der Waals surface area contributed by atoms with Gasteiger partial charge in [-0.05, 0) is 49.2 Å². The molecule has 0 bridgehead atoms. The molecule has 0 radical (unpaired) electrons. The van der Waals surface area contributed by atoms with Gasteiger partial charge < -0.3 is 0 Å². The molecule has 2 aromatic rings. The summed E-state index contributed by atoms with van der Waals surface area (Å²) in [6, 6.07) is 7.87. The van der Waals surface area contributed by atoms with Crippen molar-refractivity contribution in [2.45, 2.75) is 18.7 Å². The van der Waals surface area contributed by atoms with Gasteiger partial charge in [0.25, 0.3) is 10.0 Å². The maximum absolute atomic E-state index is 13.5. The first-order valence-corrected chi connectivity index (χ1v) is 7.33. The molecule has 0 saturated heterocycles. The molecule has 2 aromatic carbocycles. The van der Waals surface area contributed by atoms with Crippen molar-refractivity contribution in [1.29, 1.82) is 0 Å². The maximum atomic E-state index is 13.5. The van der Waals surface area contributed by atoms with Gasteiger partial charge in [0.2, 0.25) is 0 Å². The topological polar surface area (TPSA) is 46.2 Å². The summed E-state index contributed by atoms with van der Waals surface area (Å²) in [6.07, 6.45) is 0. The lowest BCUT2D eigenvalue weighted by atomic mass is 10.1. The molecule has 6 heteroatoms. The Labute approximate surface area is 116 Å². The minimum Gasteiger partial charge on any atom is -0.277 e. The van der Waals surface area contributed by atoms with E-state index in [0.29, 0.717) is 0 Å². The molecular formula is C14H13F2NO2S. The van der Waals surface area contributed by atoms with Crippen LogP contribution >= 0.6 is 0 Å². The second kappa shape index (κ2) is 5.20. The van der Waals surface area contributed by atoms with Crippen LogP contribution in [0.15, 0.2) is 41.3 Å². The highest BCUT2D eigenvalue weighted by Gasteiger charge is 2.18. The second-order valence-corrected chi connectivity index (χ2v) is 6.14. The van der Waals surface area contributed by atoms with E-state index < -0.39 is 27.3 Å².